The maximum atomic E-state index is 13.0. The van der Waals surface area contributed by atoms with Gasteiger partial charge in [0.05, 0.1) is 17.7 Å². The molecule has 2 rings (SSSR count). The number of hydrogen-bond donors (Lipinski definition) is 2. The van der Waals surface area contributed by atoms with Crippen molar-refractivity contribution in [3.8, 4) is 0 Å². The Kier molecular flexibility index (Phi) is 3.68. The van der Waals surface area contributed by atoms with Crippen LogP contribution in [-0.2, 0) is 0 Å². The van der Waals surface area contributed by atoms with Crippen molar-refractivity contribution in [1.29, 1.82) is 1.43 Å². The van der Waals surface area contributed by atoms with E-state index in [0.717, 1.165) is 10.2 Å². The first kappa shape index (κ1) is 11.9. The van der Waals surface area contributed by atoms with Crippen LogP contribution in [0.1, 0.15) is 20.7 Å². The molecule has 0 amide bonds. The number of hydrogen-bond acceptors (Lipinski definition) is 4. The minimum absolute atomic E-state index is 0.917. The highest BCUT2D eigenvalue weighted by Gasteiger charge is 2.29. The van der Waals surface area contributed by atoms with Crippen LogP contribution < -0.4 is 10.2 Å². The maximum Gasteiger partial charge on any atom is 0.487 e. The summed E-state index contributed by atoms with van der Waals surface area (Å²) in [5.74, 6) is -13.7. The second-order valence-corrected chi connectivity index (χ2v) is 3.30. The predicted molar refractivity (Wildman–Crippen MR) is 54.9 cm³/mol. The molecule has 0 aliphatic rings. The van der Waals surface area contributed by atoms with Crippen molar-refractivity contribution in [1.82, 2.24) is 5.09 Å². The molecule has 0 unspecified atom stereocenters. The standard InChI is InChI=1S/C8H2F4O4.C3H4N2/c9-3-1(7(13)14)4(10)6(12)2(5(3)11)8(15)16;1-2-4-5-3-1/h(H,13,14)(H,15,16);1-3H,(H,4,5)/i/hD3. The first-order valence-corrected chi connectivity index (χ1v) is 4.96. The first-order valence-electron chi connectivity index (χ1n) is 6.26. The van der Waals surface area contributed by atoms with E-state index in [1.54, 1.807) is 6.07 Å². The van der Waals surface area contributed by atoms with Crippen LogP contribution in [0.3, 0.4) is 0 Å². The van der Waals surface area contributed by atoms with Gasteiger partial charge >= 0.3 is 7.38 Å². The minimum atomic E-state index is -2.50. The summed E-state index contributed by atoms with van der Waals surface area (Å²) in [7, 11) is 0. The Morgan fingerprint density at radius 2 is 1.76 bits per heavy atom. The van der Waals surface area contributed by atoms with Gasteiger partial charge in [-0.15, -0.1) is 5.09 Å². The van der Waals surface area contributed by atoms with E-state index in [1.165, 1.54) is 12.4 Å². The Hall–Kier alpha value is -2.91. The second kappa shape index (κ2) is 6.50. The largest absolute Gasteiger partial charge is 0.545 e. The maximum absolute atomic E-state index is 13.0. The molecule has 0 saturated heterocycles. The van der Waals surface area contributed by atoms with E-state index in [4.69, 9.17) is 4.25 Å². The number of nitrogens with one attached hydrogen (secondary N) is 2. The zero-order valence-electron chi connectivity index (χ0n) is 12.8. The van der Waals surface area contributed by atoms with Gasteiger partial charge in [-0.1, -0.05) is 0 Å². The molecule has 0 saturated carbocycles. The van der Waals surface area contributed by atoms with E-state index < -0.39 is 46.3 Å². The van der Waals surface area contributed by atoms with Gasteiger partial charge in [0.25, 0.3) is 1.43 Å². The van der Waals surface area contributed by atoms with Crippen LogP contribution in [0.4, 0.5) is 17.6 Å². The Morgan fingerprint density at radius 3 is 2.05 bits per heavy atom. The van der Waals surface area contributed by atoms with Gasteiger partial charge in [0, 0.05) is 6.07 Å². The summed E-state index contributed by atoms with van der Waals surface area (Å²) < 4.78 is 71.7. The van der Waals surface area contributed by atoms with Crippen LogP contribution in [-0.4, -0.2) is 22.1 Å². The van der Waals surface area contributed by atoms with Crippen LogP contribution in [0.25, 0.3) is 1.43 Å². The molecule has 21 heavy (non-hydrogen) atoms. The summed E-state index contributed by atoms with van der Waals surface area (Å²) in [6.07, 6.45) is 2.96. The third-order valence-electron chi connectivity index (χ3n) is 2.04. The molecule has 0 aliphatic heterocycles. The number of halogens is 4. The number of aromatic nitrogens is 2. The number of aromatic amines is 2. The molecule has 0 bridgehead atoms. The molecule has 3 N–H and O–H groups in total. The molecular formula is C11H6F4N2O4. The number of H-pyrrole nitrogens is 2. The molecule has 0 spiro atoms. The van der Waals surface area contributed by atoms with E-state index in [0.29, 0.717) is 0 Å². The van der Waals surface area contributed by atoms with Crippen molar-refractivity contribution in [2.24, 2.45) is 0 Å². The van der Waals surface area contributed by atoms with Crippen LogP contribution in [0.5, 0.6) is 0 Å². The van der Waals surface area contributed by atoms with Gasteiger partial charge < -0.3 is 15.0 Å². The van der Waals surface area contributed by atoms with Crippen molar-refractivity contribution in [3.63, 3.8) is 0 Å². The molecule has 112 valence electrons. The molecule has 1 aromatic heterocycles. The van der Waals surface area contributed by atoms with Crippen LogP contribution >= 0.6 is 0 Å². The van der Waals surface area contributed by atoms with Gasteiger partial charge in [0.2, 0.25) is 1.41 Å². The summed E-state index contributed by atoms with van der Waals surface area (Å²) >= 11 is 0. The highest BCUT2D eigenvalue weighted by Crippen LogP contribution is 2.23. The number of carboxylic acid groups (broad SMARTS) is 2. The van der Waals surface area contributed by atoms with Gasteiger partial charge in [-0.2, -0.15) is 5.09 Å². The molecule has 0 atom stereocenters. The van der Waals surface area contributed by atoms with Crippen LogP contribution in [0.15, 0.2) is 18.5 Å². The SMILES string of the molecule is [2H]OC(=O)c1c(F)c(F)c(C(=O)[O-])c(F)c1F.[2H]n1ccc[n+]1[2H]. The van der Waals surface area contributed by atoms with Crippen molar-refractivity contribution in [2.75, 3.05) is 0 Å². The third kappa shape index (κ3) is 3.35. The zero-order chi connectivity index (χ0) is 18.6. The topological polar surface area (TPSA) is 107 Å². The molecule has 1 aromatic carbocycles. The average molecular weight is 309 g/mol. The normalized spacial score (nSPS) is 11.5. The van der Waals surface area contributed by atoms with Crippen molar-refractivity contribution < 1.29 is 45.3 Å². The van der Waals surface area contributed by atoms with E-state index >= 15 is 0 Å². The zero-order valence-corrected chi connectivity index (χ0v) is 9.77. The molecular weight excluding hydrogens is 300 g/mol. The lowest BCUT2D eigenvalue weighted by Crippen LogP contribution is -2.27. The smallest absolute Gasteiger partial charge is 0.487 e. The number of carbonyl (C=O) groups excluding carboxylic acids is 1. The summed E-state index contributed by atoms with van der Waals surface area (Å²) in [6, 6.07) is 1.62. The molecule has 6 nitrogen and oxygen atoms in total. The van der Waals surface area contributed by atoms with Crippen molar-refractivity contribution >= 4 is 11.9 Å². The quantitative estimate of drug-likeness (QED) is 0.607. The van der Waals surface area contributed by atoms with E-state index in [9.17, 15) is 32.3 Å². The van der Waals surface area contributed by atoms with Crippen molar-refractivity contribution in [3.05, 3.63) is 52.9 Å². The summed E-state index contributed by atoms with van der Waals surface area (Å²) in [5, 5.41) is 15.2. The van der Waals surface area contributed by atoms with Gasteiger partial charge in [0.15, 0.2) is 29.5 Å². The number of benzene rings is 1. The second-order valence-electron chi connectivity index (χ2n) is 3.30. The van der Waals surface area contributed by atoms with Gasteiger partial charge in [-0.3, -0.25) is 0 Å². The Labute approximate surface area is 118 Å². The fraction of sp³-hybridized carbons (Fsp3) is 0. The van der Waals surface area contributed by atoms with Crippen LogP contribution in [0, 0.1) is 23.3 Å². The third-order valence-corrected chi connectivity index (χ3v) is 2.04. The van der Waals surface area contributed by atoms with Crippen LogP contribution in [0.2, 0.25) is 2.82 Å². The molecule has 0 radical (unpaired) electrons. The van der Waals surface area contributed by atoms with Gasteiger partial charge in [0.1, 0.15) is 5.56 Å². The van der Waals surface area contributed by atoms with E-state index in [-0.39, 0.29) is 0 Å². The number of carboxylic acids is 2. The Bertz CT molecular complexity index is 754. The minimum Gasteiger partial charge on any atom is -0.545 e. The molecule has 2 aromatic rings. The predicted octanol–water partition coefficient (Wildman–Crippen LogP) is 0.134. The molecule has 0 fully saturated rings. The number of rotatable bonds is 2. The lowest BCUT2D eigenvalue weighted by atomic mass is 10.1. The summed E-state index contributed by atoms with van der Waals surface area (Å²) in [4.78, 5) is 20.9. The lowest BCUT2D eigenvalue weighted by molar-refractivity contribution is -0.449. The summed E-state index contributed by atoms with van der Waals surface area (Å²) in [5.41, 5.74) is -3.82. The Balaban J connectivity index is 0.000000341. The average Bonchev–Trinajstić information content (AvgIpc) is 2.89. The molecule has 1 heterocycles. The fourth-order valence-electron chi connectivity index (χ4n) is 1.18. The number of aromatic carboxylic acids is 2. The fourth-order valence-corrected chi connectivity index (χ4v) is 1.18. The summed E-state index contributed by atoms with van der Waals surface area (Å²) in [6.45, 7) is 0. The van der Waals surface area contributed by atoms with E-state index in [1.807, 2.05) is 0 Å². The van der Waals surface area contributed by atoms with Gasteiger partial charge in [-0.25, -0.2) is 22.4 Å². The Morgan fingerprint density at radius 1 is 1.24 bits per heavy atom. The van der Waals surface area contributed by atoms with E-state index in [2.05, 4.69) is 5.11 Å². The van der Waals surface area contributed by atoms with Crippen molar-refractivity contribution in [2.45, 2.75) is 0 Å². The monoisotopic (exact) mass is 309 g/mol. The first-order chi connectivity index (χ1) is 11.1. The molecule has 10 heteroatoms. The van der Waals surface area contributed by atoms with Gasteiger partial charge in [-0.05, 0) is 0 Å². The highest BCUT2D eigenvalue weighted by molar-refractivity contribution is 5.92. The number of carbonyl (C=O) groups is 2. The lowest BCUT2D eigenvalue weighted by Gasteiger charge is -2.09. The molecule has 0 aliphatic carbocycles. The highest BCUT2D eigenvalue weighted by atomic mass is 19.2.